The summed E-state index contributed by atoms with van der Waals surface area (Å²) in [5, 5.41) is 6.99. The van der Waals surface area contributed by atoms with E-state index >= 15 is 0 Å². The van der Waals surface area contributed by atoms with E-state index in [-0.39, 0.29) is 11.9 Å². The van der Waals surface area contributed by atoms with Crippen molar-refractivity contribution in [2.24, 2.45) is 4.99 Å². The second-order valence-electron chi connectivity index (χ2n) is 3.35. The van der Waals surface area contributed by atoms with Crippen molar-refractivity contribution in [2.45, 2.75) is 13.0 Å². The Kier molecular flexibility index (Phi) is 4.58. The molecule has 1 heterocycles. The number of carbonyl (C=O) groups excluding carboxylic acids is 3. The first-order valence-electron chi connectivity index (χ1n) is 5.01. The minimum atomic E-state index is -0.782. The Morgan fingerprint density at radius 3 is 2.53 bits per heavy atom. The number of ether oxygens (including phenoxy) is 1. The zero-order valence-electron chi connectivity index (χ0n) is 9.57. The van der Waals surface area contributed by atoms with Crippen molar-refractivity contribution in [3.63, 3.8) is 0 Å². The molecule has 0 spiro atoms. The van der Waals surface area contributed by atoms with Crippen molar-refractivity contribution in [1.82, 2.24) is 16.0 Å². The summed E-state index contributed by atoms with van der Waals surface area (Å²) in [5.41, 5.74) is 0. The van der Waals surface area contributed by atoms with Crippen LogP contribution < -0.4 is 16.0 Å². The summed E-state index contributed by atoms with van der Waals surface area (Å²) in [6.07, 6.45) is 0. The van der Waals surface area contributed by atoms with Crippen LogP contribution in [0.5, 0.6) is 0 Å². The highest BCUT2D eigenvalue weighted by Crippen LogP contribution is 1.92. The Morgan fingerprint density at radius 1 is 1.41 bits per heavy atom. The van der Waals surface area contributed by atoms with Crippen molar-refractivity contribution < 1.29 is 19.1 Å². The van der Waals surface area contributed by atoms with Gasteiger partial charge in [-0.2, -0.15) is 0 Å². The summed E-state index contributed by atoms with van der Waals surface area (Å²) in [6.45, 7) is 2.33. The van der Waals surface area contributed by atoms with Crippen molar-refractivity contribution in [3.05, 3.63) is 0 Å². The Bertz CT molecular complexity index is 348. The summed E-state index contributed by atoms with van der Waals surface area (Å²) < 4.78 is 4.77. The van der Waals surface area contributed by atoms with E-state index in [4.69, 9.17) is 4.74 Å². The van der Waals surface area contributed by atoms with Crippen LogP contribution in [0.3, 0.4) is 0 Å². The number of hydrogen-bond donors (Lipinski definition) is 3. The lowest BCUT2D eigenvalue weighted by Gasteiger charge is -2.08. The normalized spacial score (nSPS) is 16.2. The summed E-state index contributed by atoms with van der Waals surface area (Å²) >= 11 is 0. The molecule has 1 atom stereocenters. The lowest BCUT2D eigenvalue weighted by Crippen LogP contribution is -2.36. The van der Waals surface area contributed by atoms with E-state index in [1.54, 1.807) is 6.92 Å². The first kappa shape index (κ1) is 13.1. The molecule has 0 aromatic rings. The van der Waals surface area contributed by atoms with Gasteiger partial charge in [-0.25, -0.2) is 4.99 Å². The third kappa shape index (κ3) is 3.83. The van der Waals surface area contributed by atoms with E-state index in [9.17, 15) is 14.4 Å². The number of aliphatic imine (C=N–C) groups is 1. The molecule has 0 bridgehead atoms. The minimum absolute atomic E-state index is 0.00519. The van der Waals surface area contributed by atoms with Gasteiger partial charge in [-0.05, 0) is 6.92 Å². The van der Waals surface area contributed by atoms with Crippen LogP contribution in [-0.4, -0.2) is 50.0 Å². The Labute approximate surface area is 97.8 Å². The number of hydrogen-bond acceptors (Lipinski definition) is 5. The SMILES string of the molecule is COCCNC(=O)C(C)N=C1NC(=O)C(=O)N1. The van der Waals surface area contributed by atoms with E-state index in [0.717, 1.165) is 0 Å². The third-order valence-electron chi connectivity index (χ3n) is 1.98. The topological polar surface area (TPSA) is 109 Å². The minimum Gasteiger partial charge on any atom is -0.383 e. The molecule has 8 heteroatoms. The molecule has 8 nitrogen and oxygen atoms in total. The number of rotatable bonds is 5. The van der Waals surface area contributed by atoms with Crippen molar-refractivity contribution in [2.75, 3.05) is 20.3 Å². The number of nitrogens with zero attached hydrogens (tertiary/aromatic N) is 1. The third-order valence-corrected chi connectivity index (χ3v) is 1.98. The average Bonchev–Trinajstić information content (AvgIpc) is 2.58. The fraction of sp³-hybridized carbons (Fsp3) is 0.556. The van der Waals surface area contributed by atoms with Crippen LogP contribution >= 0.6 is 0 Å². The lowest BCUT2D eigenvalue weighted by molar-refractivity contribution is -0.135. The standard InChI is InChI=1S/C9H14N4O4/c1-5(6(14)10-3-4-17-2)11-9-12-7(15)8(16)13-9/h5H,3-4H2,1-2H3,(H,10,14)(H2,11,12,13,15,16). The van der Waals surface area contributed by atoms with Crippen LogP contribution in [0.25, 0.3) is 0 Å². The summed E-state index contributed by atoms with van der Waals surface area (Å²) in [5.74, 6) is -1.88. The summed E-state index contributed by atoms with van der Waals surface area (Å²) in [4.78, 5) is 37.0. The van der Waals surface area contributed by atoms with Gasteiger partial charge in [0.25, 0.3) is 0 Å². The lowest BCUT2D eigenvalue weighted by atomic mass is 10.3. The molecule has 1 aliphatic heterocycles. The molecule has 1 aliphatic rings. The van der Waals surface area contributed by atoms with Crippen molar-refractivity contribution >= 4 is 23.7 Å². The van der Waals surface area contributed by atoms with E-state index < -0.39 is 17.9 Å². The monoisotopic (exact) mass is 242 g/mol. The second kappa shape index (κ2) is 5.94. The van der Waals surface area contributed by atoms with Gasteiger partial charge in [-0.1, -0.05) is 0 Å². The molecule has 0 aromatic carbocycles. The Morgan fingerprint density at radius 2 is 2.00 bits per heavy atom. The van der Waals surface area contributed by atoms with Gasteiger partial charge < -0.3 is 10.1 Å². The van der Waals surface area contributed by atoms with Gasteiger partial charge in [0.2, 0.25) is 11.9 Å². The van der Waals surface area contributed by atoms with Crippen LogP contribution in [0.4, 0.5) is 0 Å². The maximum Gasteiger partial charge on any atom is 0.316 e. The first-order chi connectivity index (χ1) is 8.04. The quantitative estimate of drug-likeness (QED) is 0.373. The smallest absolute Gasteiger partial charge is 0.316 e. The number of methoxy groups -OCH3 is 1. The molecule has 1 unspecified atom stereocenters. The van der Waals surface area contributed by atoms with Gasteiger partial charge in [-0.15, -0.1) is 0 Å². The van der Waals surface area contributed by atoms with E-state index in [0.29, 0.717) is 13.2 Å². The molecule has 94 valence electrons. The predicted octanol–water partition coefficient (Wildman–Crippen LogP) is -2.26. The molecule has 1 rings (SSSR count). The van der Waals surface area contributed by atoms with E-state index in [1.165, 1.54) is 7.11 Å². The van der Waals surface area contributed by atoms with Crippen LogP contribution in [0.1, 0.15) is 6.92 Å². The molecule has 0 saturated carbocycles. The molecule has 0 aromatic heterocycles. The number of carbonyl (C=O) groups is 3. The first-order valence-corrected chi connectivity index (χ1v) is 5.01. The molecule has 17 heavy (non-hydrogen) atoms. The van der Waals surface area contributed by atoms with Crippen LogP contribution in [-0.2, 0) is 19.1 Å². The van der Waals surface area contributed by atoms with Gasteiger partial charge in [0, 0.05) is 13.7 Å². The molecular weight excluding hydrogens is 228 g/mol. The number of guanidine groups is 1. The maximum absolute atomic E-state index is 11.5. The average molecular weight is 242 g/mol. The maximum atomic E-state index is 11.5. The van der Waals surface area contributed by atoms with Crippen LogP contribution in [0.15, 0.2) is 4.99 Å². The van der Waals surface area contributed by atoms with Gasteiger partial charge in [0.05, 0.1) is 6.61 Å². The van der Waals surface area contributed by atoms with E-state index in [1.807, 2.05) is 0 Å². The number of amides is 3. The fourth-order valence-corrected chi connectivity index (χ4v) is 1.10. The molecular formula is C9H14N4O4. The molecule has 1 fully saturated rings. The zero-order valence-corrected chi connectivity index (χ0v) is 9.57. The van der Waals surface area contributed by atoms with Gasteiger partial charge in [0.15, 0.2) is 0 Å². The molecule has 3 amide bonds. The predicted molar refractivity (Wildman–Crippen MR) is 58.1 cm³/mol. The van der Waals surface area contributed by atoms with Gasteiger partial charge >= 0.3 is 11.8 Å². The Hall–Kier alpha value is -1.96. The van der Waals surface area contributed by atoms with Crippen molar-refractivity contribution in [1.29, 1.82) is 0 Å². The van der Waals surface area contributed by atoms with Gasteiger partial charge in [0.1, 0.15) is 6.04 Å². The molecule has 0 radical (unpaired) electrons. The van der Waals surface area contributed by atoms with Crippen LogP contribution in [0.2, 0.25) is 0 Å². The van der Waals surface area contributed by atoms with E-state index in [2.05, 4.69) is 20.9 Å². The summed E-state index contributed by atoms with van der Waals surface area (Å²) in [6, 6.07) is -0.708. The highest BCUT2D eigenvalue weighted by atomic mass is 16.5. The van der Waals surface area contributed by atoms with Crippen molar-refractivity contribution in [3.8, 4) is 0 Å². The van der Waals surface area contributed by atoms with Crippen LogP contribution in [0, 0.1) is 0 Å². The zero-order chi connectivity index (χ0) is 12.8. The highest BCUT2D eigenvalue weighted by molar-refractivity contribution is 6.45. The number of nitrogens with one attached hydrogen (secondary N) is 3. The second-order valence-corrected chi connectivity index (χ2v) is 3.35. The molecule has 0 aliphatic carbocycles. The van der Waals surface area contributed by atoms with Gasteiger partial charge in [-0.3, -0.25) is 25.0 Å². The fourth-order valence-electron chi connectivity index (χ4n) is 1.10. The molecule has 3 N–H and O–H groups in total. The Balaban J connectivity index is 2.45. The largest absolute Gasteiger partial charge is 0.383 e. The summed E-state index contributed by atoms with van der Waals surface area (Å²) in [7, 11) is 1.53. The molecule has 1 saturated heterocycles. The highest BCUT2D eigenvalue weighted by Gasteiger charge is 2.26.